The van der Waals surface area contributed by atoms with Crippen molar-refractivity contribution < 1.29 is 0 Å². The second kappa shape index (κ2) is 12.6. The van der Waals surface area contributed by atoms with E-state index in [1.165, 1.54) is 49.6 Å². The summed E-state index contributed by atoms with van der Waals surface area (Å²) in [6, 6.07) is 68.6. The number of rotatable bonds is 6. The van der Waals surface area contributed by atoms with Crippen LogP contribution < -0.4 is 0 Å². The van der Waals surface area contributed by atoms with E-state index >= 15 is 0 Å². The summed E-state index contributed by atoms with van der Waals surface area (Å²) in [5.41, 5.74) is 13.4. The third kappa shape index (κ3) is 4.96. The number of hydrogen-bond acceptors (Lipinski definition) is 3. The maximum absolute atomic E-state index is 5.28. The van der Waals surface area contributed by atoms with Gasteiger partial charge in [0.25, 0.3) is 0 Å². The van der Waals surface area contributed by atoms with Gasteiger partial charge in [-0.05, 0) is 63.1 Å². The topological polar surface area (TPSA) is 43.6 Å². The van der Waals surface area contributed by atoms with E-state index < -0.39 is 0 Å². The average molecular weight is 701 g/mol. The zero-order valence-electron chi connectivity index (χ0n) is 29.8. The van der Waals surface area contributed by atoms with E-state index in [1.807, 2.05) is 36.4 Å². The molecule has 256 valence electrons. The van der Waals surface area contributed by atoms with Crippen molar-refractivity contribution in [3.63, 3.8) is 0 Å². The second-order valence-electron chi connectivity index (χ2n) is 13.9. The molecule has 0 N–H and O–H groups in total. The van der Waals surface area contributed by atoms with Gasteiger partial charge in [-0.2, -0.15) is 0 Å². The molecule has 1 aliphatic rings. The van der Waals surface area contributed by atoms with Crippen molar-refractivity contribution in [3.8, 4) is 39.9 Å². The lowest BCUT2D eigenvalue weighted by molar-refractivity contribution is 1.08. The highest BCUT2D eigenvalue weighted by Gasteiger charge is 2.29. The third-order valence-electron chi connectivity index (χ3n) is 10.8. The molecule has 2 aromatic heterocycles. The molecule has 0 unspecified atom stereocenters. The Kier molecular flexibility index (Phi) is 7.14. The second-order valence-corrected chi connectivity index (χ2v) is 13.9. The Morgan fingerprint density at radius 3 is 1.31 bits per heavy atom. The van der Waals surface area contributed by atoms with E-state index in [0.717, 1.165) is 38.8 Å². The van der Waals surface area contributed by atoms with Crippen molar-refractivity contribution >= 4 is 43.7 Å². The van der Waals surface area contributed by atoms with Gasteiger partial charge in [0.1, 0.15) is 0 Å². The van der Waals surface area contributed by atoms with E-state index in [0.29, 0.717) is 17.5 Å². The summed E-state index contributed by atoms with van der Waals surface area (Å²) in [4.78, 5) is 15.6. The molecule has 0 saturated carbocycles. The van der Waals surface area contributed by atoms with Crippen molar-refractivity contribution in [2.75, 3.05) is 0 Å². The molecule has 11 rings (SSSR count). The lowest BCUT2D eigenvalue weighted by atomic mass is 9.85. The predicted molar refractivity (Wildman–Crippen MR) is 226 cm³/mol. The maximum atomic E-state index is 5.28. The van der Waals surface area contributed by atoms with Crippen molar-refractivity contribution in [2.24, 2.45) is 0 Å². The van der Waals surface area contributed by atoms with Gasteiger partial charge in [0.15, 0.2) is 17.5 Å². The van der Waals surface area contributed by atoms with Gasteiger partial charge < -0.3 is 4.57 Å². The van der Waals surface area contributed by atoms with Crippen LogP contribution in [0.1, 0.15) is 22.3 Å². The number of benzene rings is 8. The molecule has 0 saturated heterocycles. The monoisotopic (exact) mass is 700 g/mol. The van der Waals surface area contributed by atoms with Gasteiger partial charge in [0.2, 0.25) is 0 Å². The largest absolute Gasteiger partial charge is 0.309 e. The van der Waals surface area contributed by atoms with Crippen molar-refractivity contribution in [3.05, 3.63) is 216 Å². The van der Waals surface area contributed by atoms with Crippen LogP contribution in [-0.4, -0.2) is 19.5 Å². The summed E-state index contributed by atoms with van der Waals surface area (Å²) in [6.07, 6.45) is 0. The Balaban J connectivity index is 1.35. The van der Waals surface area contributed by atoms with E-state index in [2.05, 4.69) is 162 Å². The van der Waals surface area contributed by atoms with Crippen LogP contribution in [0.25, 0.3) is 83.6 Å². The quantitative estimate of drug-likeness (QED) is 0.173. The first-order valence-electron chi connectivity index (χ1n) is 18.6. The third-order valence-corrected chi connectivity index (χ3v) is 10.8. The molecule has 0 spiro atoms. The number of para-hydroxylation sites is 1. The lowest BCUT2D eigenvalue weighted by Gasteiger charge is -2.20. The summed E-state index contributed by atoms with van der Waals surface area (Å²) in [7, 11) is 0. The normalized spacial score (nSPS) is 12.3. The molecular weight excluding hydrogens is 669 g/mol. The Bertz CT molecular complexity index is 3040. The fourth-order valence-corrected chi connectivity index (χ4v) is 8.47. The van der Waals surface area contributed by atoms with Crippen LogP contribution >= 0.6 is 0 Å². The molecule has 0 aliphatic heterocycles. The average Bonchev–Trinajstić information content (AvgIpc) is 3.54. The molecule has 0 amide bonds. The Morgan fingerprint density at radius 2 is 0.764 bits per heavy atom. The van der Waals surface area contributed by atoms with Gasteiger partial charge in [0.05, 0.1) is 11.0 Å². The zero-order chi connectivity index (χ0) is 36.3. The molecule has 2 heterocycles. The highest BCUT2D eigenvalue weighted by molar-refractivity contribution is 6.32. The van der Waals surface area contributed by atoms with Gasteiger partial charge in [-0.15, -0.1) is 0 Å². The first kappa shape index (κ1) is 31.1. The molecule has 8 aromatic carbocycles. The molecular formula is C51H32N4. The van der Waals surface area contributed by atoms with Crippen LogP contribution in [-0.2, 0) is 0 Å². The predicted octanol–water partition coefficient (Wildman–Crippen LogP) is 12.4. The molecule has 0 atom stereocenters. The van der Waals surface area contributed by atoms with Crippen LogP contribution in [0.5, 0.6) is 0 Å². The molecule has 4 heteroatoms. The highest BCUT2D eigenvalue weighted by atomic mass is 15.0. The summed E-state index contributed by atoms with van der Waals surface area (Å²) in [5.74, 6) is 1.91. The molecule has 0 radical (unpaired) electrons. The fourth-order valence-electron chi connectivity index (χ4n) is 8.47. The van der Waals surface area contributed by atoms with Crippen LogP contribution in [0.2, 0.25) is 0 Å². The maximum Gasteiger partial charge on any atom is 0.164 e. The Hall–Kier alpha value is -7.43. The van der Waals surface area contributed by atoms with Crippen LogP contribution in [0, 0.1) is 0 Å². The molecule has 0 bridgehead atoms. The van der Waals surface area contributed by atoms with Crippen LogP contribution in [0.15, 0.2) is 194 Å². The van der Waals surface area contributed by atoms with Gasteiger partial charge >= 0.3 is 0 Å². The minimum Gasteiger partial charge on any atom is -0.309 e. The first-order chi connectivity index (χ1) is 27.3. The SMILES string of the molecule is c1ccc(C2=C(c3ccccc3)c3cccc4c3c3c5c2cccc5c(-c2nc(-c5ccccc5)nc(-c5ccccc5)n2)cc3n4-c2ccccc2)cc1. The first-order valence-corrected chi connectivity index (χ1v) is 18.6. The van der Waals surface area contributed by atoms with Crippen LogP contribution in [0.4, 0.5) is 0 Å². The minimum atomic E-state index is 0.634. The Labute approximate surface area is 318 Å². The molecule has 0 fully saturated rings. The van der Waals surface area contributed by atoms with E-state index in [1.54, 1.807) is 0 Å². The van der Waals surface area contributed by atoms with Crippen LogP contribution in [0.3, 0.4) is 0 Å². The lowest BCUT2D eigenvalue weighted by Crippen LogP contribution is -2.02. The van der Waals surface area contributed by atoms with Gasteiger partial charge in [-0.3, -0.25) is 0 Å². The summed E-state index contributed by atoms with van der Waals surface area (Å²) in [5, 5.41) is 4.75. The zero-order valence-corrected chi connectivity index (χ0v) is 29.8. The van der Waals surface area contributed by atoms with E-state index in [-0.39, 0.29) is 0 Å². The van der Waals surface area contributed by atoms with Gasteiger partial charge in [-0.1, -0.05) is 170 Å². The van der Waals surface area contributed by atoms with Crippen molar-refractivity contribution in [1.82, 2.24) is 19.5 Å². The molecule has 55 heavy (non-hydrogen) atoms. The standard InChI is InChI=1S/C51H32N4/c1-6-18-33(19-7-1)44-39-29-16-28-38-41(51-53-49(35-22-10-3-11-23-35)52-50(54-51)36-24-12-4-13-25-36)32-43-48(46(38)39)47-40(45(44)34-20-8-2-9-21-34)30-17-31-42(47)55(43)37-26-14-5-15-27-37/h1-32H. The molecule has 1 aliphatic carbocycles. The molecule has 4 nitrogen and oxygen atoms in total. The van der Waals surface area contributed by atoms with Crippen molar-refractivity contribution in [1.29, 1.82) is 0 Å². The van der Waals surface area contributed by atoms with Crippen molar-refractivity contribution in [2.45, 2.75) is 0 Å². The van der Waals surface area contributed by atoms with Gasteiger partial charge in [-0.25, -0.2) is 15.0 Å². The molecule has 10 aromatic rings. The van der Waals surface area contributed by atoms with E-state index in [4.69, 9.17) is 15.0 Å². The smallest absolute Gasteiger partial charge is 0.164 e. The summed E-state index contributed by atoms with van der Waals surface area (Å²) in [6.45, 7) is 0. The fraction of sp³-hybridized carbons (Fsp3) is 0. The number of hydrogen-bond donors (Lipinski definition) is 0. The summed E-state index contributed by atoms with van der Waals surface area (Å²) >= 11 is 0. The highest BCUT2D eigenvalue weighted by Crippen LogP contribution is 2.51. The minimum absolute atomic E-state index is 0.634. The number of nitrogens with zero attached hydrogens (tertiary/aromatic N) is 4. The Morgan fingerprint density at radius 1 is 0.309 bits per heavy atom. The van der Waals surface area contributed by atoms with Gasteiger partial charge in [0, 0.05) is 38.5 Å². The van der Waals surface area contributed by atoms with E-state index in [9.17, 15) is 0 Å². The summed E-state index contributed by atoms with van der Waals surface area (Å²) < 4.78 is 2.42. The number of aromatic nitrogens is 4.